The lowest BCUT2D eigenvalue weighted by molar-refractivity contribution is -0.140. The third-order valence-electron chi connectivity index (χ3n) is 4.20. The van der Waals surface area contributed by atoms with E-state index in [1.807, 2.05) is 27.8 Å². The van der Waals surface area contributed by atoms with Crippen molar-refractivity contribution in [2.24, 2.45) is 0 Å². The average molecular weight is 363 g/mol. The van der Waals surface area contributed by atoms with Crippen molar-refractivity contribution in [1.29, 1.82) is 0 Å². The Hall–Kier alpha value is -1.66. The van der Waals surface area contributed by atoms with Crippen LogP contribution in [-0.2, 0) is 22.7 Å². The van der Waals surface area contributed by atoms with Crippen LogP contribution < -0.4 is 0 Å². The monoisotopic (exact) mass is 362 g/mol. The van der Waals surface area contributed by atoms with Crippen molar-refractivity contribution in [2.45, 2.75) is 38.8 Å². The molecule has 0 bridgehead atoms. The number of likely N-dealkylation sites (tertiary alicyclic amines) is 1. The van der Waals surface area contributed by atoms with Gasteiger partial charge in [-0.1, -0.05) is 18.6 Å². The van der Waals surface area contributed by atoms with Gasteiger partial charge in [-0.25, -0.2) is 0 Å². The second-order valence-electron chi connectivity index (χ2n) is 6.03. The first-order valence-corrected chi connectivity index (χ1v) is 10.1. The zero-order chi connectivity index (χ0) is 16.8. The molecule has 0 unspecified atom stereocenters. The van der Waals surface area contributed by atoms with Gasteiger partial charge in [0.2, 0.25) is 11.8 Å². The summed E-state index contributed by atoms with van der Waals surface area (Å²) >= 11 is 3.32. The van der Waals surface area contributed by atoms with E-state index in [4.69, 9.17) is 0 Å². The fourth-order valence-corrected chi connectivity index (χ4v) is 4.32. The molecule has 3 rings (SSSR count). The van der Waals surface area contributed by atoms with Gasteiger partial charge in [0.25, 0.3) is 0 Å². The van der Waals surface area contributed by atoms with Crippen molar-refractivity contribution in [1.82, 2.24) is 9.80 Å². The number of hydrogen-bond acceptors (Lipinski definition) is 4. The summed E-state index contributed by atoms with van der Waals surface area (Å²) in [4.78, 5) is 31.0. The summed E-state index contributed by atoms with van der Waals surface area (Å²) in [5.74, 6) is 0.153. The maximum absolute atomic E-state index is 12.9. The Balaban J connectivity index is 1.68. The largest absolute Gasteiger partial charge is 0.333 e. The molecule has 2 aromatic heterocycles. The van der Waals surface area contributed by atoms with Gasteiger partial charge >= 0.3 is 0 Å². The van der Waals surface area contributed by atoms with Crippen molar-refractivity contribution in [3.05, 3.63) is 44.8 Å². The second-order valence-corrected chi connectivity index (χ2v) is 8.10. The van der Waals surface area contributed by atoms with Crippen LogP contribution in [0.1, 0.15) is 35.4 Å². The van der Waals surface area contributed by atoms with Gasteiger partial charge in [-0.05, 0) is 35.7 Å². The van der Waals surface area contributed by atoms with Crippen LogP contribution in [0.3, 0.4) is 0 Å². The van der Waals surface area contributed by atoms with Gasteiger partial charge in [0, 0.05) is 22.7 Å². The Morgan fingerprint density at radius 2 is 1.71 bits per heavy atom. The summed E-state index contributed by atoms with van der Waals surface area (Å²) in [5, 5.41) is 4.06. The first kappa shape index (κ1) is 17.2. The summed E-state index contributed by atoms with van der Waals surface area (Å²) in [7, 11) is 0. The predicted octanol–water partition coefficient (Wildman–Crippen LogP) is 3.74. The van der Waals surface area contributed by atoms with E-state index in [9.17, 15) is 9.59 Å². The lowest BCUT2D eigenvalue weighted by Gasteiger charge is -2.26. The smallest absolute Gasteiger partial charge is 0.242 e. The molecule has 0 atom stereocenters. The molecule has 3 heterocycles. The second kappa shape index (κ2) is 8.44. The van der Waals surface area contributed by atoms with Crippen molar-refractivity contribution < 1.29 is 9.59 Å². The third-order valence-corrected chi connectivity index (χ3v) is 5.93. The number of rotatable bonds is 6. The summed E-state index contributed by atoms with van der Waals surface area (Å²) in [6.45, 7) is 2.12. The first-order valence-electron chi connectivity index (χ1n) is 8.32. The number of carbonyl (C=O) groups is 2. The van der Waals surface area contributed by atoms with Gasteiger partial charge in [-0.2, -0.15) is 0 Å². The summed E-state index contributed by atoms with van der Waals surface area (Å²) in [6, 6.07) is 8.12. The van der Waals surface area contributed by atoms with Gasteiger partial charge in [-0.3, -0.25) is 9.59 Å². The molecule has 1 aliphatic rings. The van der Waals surface area contributed by atoms with E-state index < -0.39 is 0 Å². The fourth-order valence-electron chi connectivity index (χ4n) is 2.88. The summed E-state index contributed by atoms with van der Waals surface area (Å²) in [6.07, 6.45) is 3.58. The normalized spacial score (nSPS) is 15.3. The van der Waals surface area contributed by atoms with Crippen molar-refractivity contribution >= 4 is 34.5 Å². The zero-order valence-corrected chi connectivity index (χ0v) is 15.3. The average Bonchev–Trinajstić information content (AvgIpc) is 3.23. The van der Waals surface area contributed by atoms with E-state index in [0.29, 0.717) is 26.1 Å². The Kier molecular flexibility index (Phi) is 6.04. The van der Waals surface area contributed by atoms with Crippen LogP contribution in [0.15, 0.2) is 35.0 Å². The molecule has 2 aromatic rings. The molecule has 0 N–H and O–H groups in total. The quantitative estimate of drug-likeness (QED) is 0.785. The van der Waals surface area contributed by atoms with Crippen LogP contribution in [0.4, 0.5) is 0 Å². The molecule has 1 saturated heterocycles. The van der Waals surface area contributed by atoms with Gasteiger partial charge in [0.05, 0.1) is 19.6 Å². The van der Waals surface area contributed by atoms with Gasteiger partial charge < -0.3 is 9.80 Å². The lowest BCUT2D eigenvalue weighted by atomic mass is 10.2. The number of amides is 2. The fraction of sp³-hybridized carbons (Fsp3) is 0.444. The van der Waals surface area contributed by atoms with Crippen LogP contribution >= 0.6 is 22.7 Å². The SMILES string of the molecule is O=C1CCCCCN1CC(=O)N(Cc1cccs1)Cc1cccs1. The number of carbonyl (C=O) groups excluding carboxylic acids is 2. The van der Waals surface area contributed by atoms with E-state index >= 15 is 0 Å². The Labute approximate surface area is 150 Å². The Morgan fingerprint density at radius 1 is 1.04 bits per heavy atom. The van der Waals surface area contributed by atoms with Gasteiger partial charge in [-0.15, -0.1) is 22.7 Å². The third kappa shape index (κ3) is 4.68. The molecule has 4 nitrogen and oxygen atoms in total. The minimum absolute atomic E-state index is 0.0343. The van der Waals surface area contributed by atoms with Crippen molar-refractivity contribution in [2.75, 3.05) is 13.1 Å². The molecule has 0 spiro atoms. The maximum Gasteiger partial charge on any atom is 0.242 e. The minimum Gasteiger partial charge on any atom is -0.333 e. The van der Waals surface area contributed by atoms with Crippen molar-refractivity contribution in [3.63, 3.8) is 0 Å². The number of hydrogen-bond donors (Lipinski definition) is 0. The number of nitrogens with zero attached hydrogens (tertiary/aromatic N) is 2. The molecule has 0 saturated carbocycles. The molecule has 0 radical (unpaired) electrons. The van der Waals surface area contributed by atoms with Gasteiger partial charge in [0.1, 0.15) is 0 Å². The van der Waals surface area contributed by atoms with E-state index in [0.717, 1.165) is 19.3 Å². The van der Waals surface area contributed by atoms with E-state index in [1.54, 1.807) is 27.6 Å². The van der Waals surface area contributed by atoms with Crippen LogP contribution in [0.5, 0.6) is 0 Å². The van der Waals surface area contributed by atoms with Gasteiger partial charge in [0.15, 0.2) is 0 Å². The topological polar surface area (TPSA) is 40.6 Å². The standard InChI is InChI=1S/C18H22N2O2S2/c21-17-8-2-1-3-9-19(17)14-18(22)20(12-15-6-4-10-23-15)13-16-7-5-11-24-16/h4-7,10-11H,1-3,8-9,12-14H2. The summed E-state index contributed by atoms with van der Waals surface area (Å²) < 4.78 is 0. The number of thiophene rings is 2. The first-order chi connectivity index (χ1) is 11.7. The molecule has 0 aliphatic carbocycles. The molecule has 2 amide bonds. The summed E-state index contributed by atoms with van der Waals surface area (Å²) in [5.41, 5.74) is 0. The molecular formula is C18H22N2O2S2. The minimum atomic E-state index is 0.0343. The highest BCUT2D eigenvalue weighted by molar-refractivity contribution is 7.10. The molecule has 1 fully saturated rings. The molecule has 0 aromatic carbocycles. The molecule has 128 valence electrons. The maximum atomic E-state index is 12.9. The van der Waals surface area contributed by atoms with Crippen LogP contribution in [0.25, 0.3) is 0 Å². The molecule has 6 heteroatoms. The molecule has 1 aliphatic heterocycles. The van der Waals surface area contributed by atoms with Crippen LogP contribution in [0, 0.1) is 0 Å². The predicted molar refractivity (Wildman–Crippen MR) is 97.9 cm³/mol. The highest BCUT2D eigenvalue weighted by Gasteiger charge is 2.23. The van der Waals surface area contributed by atoms with E-state index in [-0.39, 0.29) is 18.4 Å². The zero-order valence-electron chi connectivity index (χ0n) is 13.6. The molecular weight excluding hydrogens is 340 g/mol. The van der Waals surface area contributed by atoms with E-state index in [2.05, 4.69) is 12.1 Å². The van der Waals surface area contributed by atoms with Crippen LogP contribution in [0.2, 0.25) is 0 Å². The molecule has 24 heavy (non-hydrogen) atoms. The van der Waals surface area contributed by atoms with Crippen molar-refractivity contribution in [3.8, 4) is 0 Å². The lowest BCUT2D eigenvalue weighted by Crippen LogP contribution is -2.42. The Bertz CT molecular complexity index is 616. The highest BCUT2D eigenvalue weighted by atomic mass is 32.1. The van der Waals surface area contributed by atoms with E-state index in [1.165, 1.54) is 9.75 Å². The van der Waals surface area contributed by atoms with Crippen LogP contribution in [-0.4, -0.2) is 34.7 Å². The Morgan fingerprint density at radius 3 is 2.29 bits per heavy atom. The highest BCUT2D eigenvalue weighted by Crippen LogP contribution is 2.18.